The second-order valence-corrected chi connectivity index (χ2v) is 5.27. The van der Waals surface area contributed by atoms with E-state index in [2.05, 4.69) is 40.8 Å². The van der Waals surface area contributed by atoms with Gasteiger partial charge in [0, 0.05) is 24.6 Å². The van der Waals surface area contributed by atoms with E-state index in [9.17, 15) is 0 Å². The molecule has 0 unspecified atom stereocenters. The standard InChI is InChI=1S/C16H23N3/c1-14(2)8-6-7-11-17-16-18-12-13-19(16)15-9-4-3-5-10-15/h3-5,9-10,12-14H,6-8,11H2,1-2H3,(H,17,18). The summed E-state index contributed by atoms with van der Waals surface area (Å²) in [5.74, 6) is 1.72. The van der Waals surface area contributed by atoms with Gasteiger partial charge in [0.2, 0.25) is 5.95 Å². The van der Waals surface area contributed by atoms with Gasteiger partial charge in [-0.25, -0.2) is 4.98 Å². The highest BCUT2D eigenvalue weighted by Gasteiger charge is 2.03. The molecular weight excluding hydrogens is 234 g/mol. The van der Waals surface area contributed by atoms with Gasteiger partial charge < -0.3 is 5.32 Å². The molecule has 0 spiro atoms. The first-order valence-corrected chi connectivity index (χ1v) is 7.10. The molecule has 102 valence electrons. The summed E-state index contributed by atoms with van der Waals surface area (Å²) in [5, 5.41) is 3.42. The molecule has 1 aromatic heterocycles. The number of benzene rings is 1. The van der Waals surface area contributed by atoms with Crippen LogP contribution in [0.5, 0.6) is 0 Å². The second kappa shape index (κ2) is 6.98. The van der Waals surface area contributed by atoms with Gasteiger partial charge in [-0.2, -0.15) is 0 Å². The van der Waals surface area contributed by atoms with Crippen LogP contribution in [0, 0.1) is 5.92 Å². The Labute approximate surface area is 115 Å². The largest absolute Gasteiger partial charge is 0.355 e. The van der Waals surface area contributed by atoms with Crippen molar-refractivity contribution in [3.63, 3.8) is 0 Å². The Morgan fingerprint density at radius 2 is 1.95 bits per heavy atom. The van der Waals surface area contributed by atoms with Gasteiger partial charge in [-0.15, -0.1) is 0 Å². The van der Waals surface area contributed by atoms with Crippen LogP contribution in [0.4, 0.5) is 5.95 Å². The van der Waals surface area contributed by atoms with Crippen molar-refractivity contribution in [2.75, 3.05) is 11.9 Å². The first kappa shape index (κ1) is 13.7. The lowest BCUT2D eigenvalue weighted by Crippen LogP contribution is -2.07. The van der Waals surface area contributed by atoms with Gasteiger partial charge in [-0.1, -0.05) is 44.9 Å². The number of nitrogens with one attached hydrogen (secondary N) is 1. The lowest BCUT2D eigenvalue weighted by Gasteiger charge is -2.10. The minimum absolute atomic E-state index is 0.798. The molecule has 2 aromatic rings. The maximum atomic E-state index is 4.38. The van der Waals surface area contributed by atoms with Crippen LogP contribution in [0.3, 0.4) is 0 Å². The number of para-hydroxylation sites is 1. The molecule has 0 saturated carbocycles. The van der Waals surface area contributed by atoms with Gasteiger partial charge in [-0.3, -0.25) is 4.57 Å². The van der Waals surface area contributed by atoms with E-state index >= 15 is 0 Å². The molecule has 1 aromatic carbocycles. The summed E-state index contributed by atoms with van der Waals surface area (Å²) in [4.78, 5) is 4.38. The van der Waals surface area contributed by atoms with Gasteiger partial charge in [0.1, 0.15) is 0 Å². The second-order valence-electron chi connectivity index (χ2n) is 5.27. The third kappa shape index (κ3) is 4.12. The lowest BCUT2D eigenvalue weighted by molar-refractivity contribution is 0.544. The zero-order valence-electron chi connectivity index (χ0n) is 11.8. The maximum absolute atomic E-state index is 4.38. The van der Waals surface area contributed by atoms with Crippen LogP contribution in [-0.2, 0) is 0 Å². The van der Waals surface area contributed by atoms with Crippen molar-refractivity contribution < 1.29 is 0 Å². The predicted octanol–water partition coefficient (Wildman–Crippen LogP) is 4.11. The minimum Gasteiger partial charge on any atom is -0.355 e. The maximum Gasteiger partial charge on any atom is 0.207 e. The zero-order chi connectivity index (χ0) is 13.5. The Bertz CT molecular complexity index is 474. The molecule has 0 atom stereocenters. The fraction of sp³-hybridized carbons (Fsp3) is 0.438. The molecule has 0 aliphatic heterocycles. The lowest BCUT2D eigenvalue weighted by atomic mass is 10.1. The normalized spacial score (nSPS) is 10.9. The number of unbranched alkanes of at least 4 members (excludes halogenated alkanes) is 1. The van der Waals surface area contributed by atoms with Crippen molar-refractivity contribution >= 4 is 5.95 Å². The number of anilines is 1. The molecule has 0 radical (unpaired) electrons. The molecule has 3 heteroatoms. The molecule has 0 amide bonds. The van der Waals surface area contributed by atoms with Crippen molar-refractivity contribution in [2.24, 2.45) is 5.92 Å². The fourth-order valence-electron chi connectivity index (χ4n) is 2.11. The van der Waals surface area contributed by atoms with Crippen molar-refractivity contribution in [2.45, 2.75) is 33.1 Å². The summed E-state index contributed by atoms with van der Waals surface area (Å²) in [5.41, 5.74) is 1.14. The van der Waals surface area contributed by atoms with Crippen LogP contribution in [-0.4, -0.2) is 16.1 Å². The number of aromatic nitrogens is 2. The molecule has 0 fully saturated rings. The molecule has 1 N–H and O–H groups in total. The molecule has 0 bridgehead atoms. The van der Waals surface area contributed by atoms with Gasteiger partial charge >= 0.3 is 0 Å². The SMILES string of the molecule is CC(C)CCCCNc1nccn1-c1ccccc1. The Morgan fingerprint density at radius 3 is 2.68 bits per heavy atom. The van der Waals surface area contributed by atoms with Crippen LogP contribution in [0.15, 0.2) is 42.7 Å². The molecule has 0 aliphatic carbocycles. The smallest absolute Gasteiger partial charge is 0.207 e. The van der Waals surface area contributed by atoms with E-state index in [0.717, 1.165) is 24.1 Å². The number of imidazole rings is 1. The summed E-state index contributed by atoms with van der Waals surface area (Å²) in [6, 6.07) is 10.3. The number of rotatable bonds is 7. The molecule has 2 rings (SSSR count). The first-order valence-electron chi connectivity index (χ1n) is 7.10. The number of hydrogen-bond donors (Lipinski definition) is 1. The predicted molar refractivity (Wildman–Crippen MR) is 80.7 cm³/mol. The summed E-state index contributed by atoms with van der Waals surface area (Å²) in [6.45, 7) is 5.53. The zero-order valence-corrected chi connectivity index (χ0v) is 11.8. The van der Waals surface area contributed by atoms with Crippen LogP contribution in [0.25, 0.3) is 5.69 Å². The van der Waals surface area contributed by atoms with Crippen LogP contribution >= 0.6 is 0 Å². The molecule has 1 heterocycles. The Hall–Kier alpha value is -1.77. The van der Waals surface area contributed by atoms with Gasteiger partial charge in [0.05, 0.1) is 0 Å². The fourth-order valence-corrected chi connectivity index (χ4v) is 2.11. The van der Waals surface area contributed by atoms with Crippen molar-refractivity contribution in [3.05, 3.63) is 42.7 Å². The van der Waals surface area contributed by atoms with Crippen LogP contribution < -0.4 is 5.32 Å². The van der Waals surface area contributed by atoms with Crippen molar-refractivity contribution in [1.29, 1.82) is 0 Å². The van der Waals surface area contributed by atoms with Crippen LogP contribution in [0.2, 0.25) is 0 Å². The summed E-state index contributed by atoms with van der Waals surface area (Å²) < 4.78 is 2.09. The van der Waals surface area contributed by atoms with E-state index in [4.69, 9.17) is 0 Å². The molecule has 19 heavy (non-hydrogen) atoms. The average molecular weight is 257 g/mol. The van der Waals surface area contributed by atoms with Crippen molar-refractivity contribution in [1.82, 2.24) is 9.55 Å². The molecule has 0 saturated heterocycles. The summed E-state index contributed by atoms with van der Waals surface area (Å²) in [7, 11) is 0. The van der Waals surface area contributed by atoms with E-state index in [0.29, 0.717) is 0 Å². The highest BCUT2D eigenvalue weighted by atomic mass is 15.2. The topological polar surface area (TPSA) is 29.9 Å². The van der Waals surface area contributed by atoms with Gasteiger partial charge in [0.25, 0.3) is 0 Å². The van der Waals surface area contributed by atoms with E-state index in [-0.39, 0.29) is 0 Å². The van der Waals surface area contributed by atoms with E-state index in [1.807, 2.05) is 30.6 Å². The van der Waals surface area contributed by atoms with Crippen LogP contribution in [0.1, 0.15) is 33.1 Å². The van der Waals surface area contributed by atoms with E-state index in [1.165, 1.54) is 19.3 Å². The van der Waals surface area contributed by atoms with E-state index < -0.39 is 0 Å². The highest BCUT2D eigenvalue weighted by Crippen LogP contribution is 2.14. The minimum atomic E-state index is 0.798. The molecule has 3 nitrogen and oxygen atoms in total. The first-order chi connectivity index (χ1) is 9.27. The van der Waals surface area contributed by atoms with Gasteiger partial charge in [-0.05, 0) is 24.5 Å². The summed E-state index contributed by atoms with van der Waals surface area (Å²) >= 11 is 0. The quantitative estimate of drug-likeness (QED) is 0.756. The number of hydrogen-bond acceptors (Lipinski definition) is 2. The Balaban J connectivity index is 1.87. The Kier molecular flexibility index (Phi) is 5.01. The molecule has 0 aliphatic rings. The monoisotopic (exact) mass is 257 g/mol. The Morgan fingerprint density at radius 1 is 1.16 bits per heavy atom. The molecular formula is C16H23N3. The van der Waals surface area contributed by atoms with Gasteiger partial charge in [0.15, 0.2) is 0 Å². The summed E-state index contributed by atoms with van der Waals surface area (Å²) in [6.07, 6.45) is 7.60. The number of nitrogens with zero attached hydrogens (tertiary/aromatic N) is 2. The third-order valence-corrected chi connectivity index (χ3v) is 3.17. The van der Waals surface area contributed by atoms with Crippen molar-refractivity contribution in [3.8, 4) is 5.69 Å². The van der Waals surface area contributed by atoms with E-state index in [1.54, 1.807) is 0 Å². The third-order valence-electron chi connectivity index (χ3n) is 3.17. The average Bonchev–Trinajstić information content (AvgIpc) is 2.87. The highest BCUT2D eigenvalue weighted by molar-refractivity contribution is 5.41.